The SMILES string of the molecule is COC(=O)[C@](C)(Cc1ccc2nc(O)c(O)nc2c1)NC=O. The van der Waals surface area contributed by atoms with Crippen molar-refractivity contribution < 1.29 is 24.5 Å². The van der Waals surface area contributed by atoms with Crippen LogP contribution in [-0.4, -0.2) is 45.2 Å². The van der Waals surface area contributed by atoms with Crippen molar-refractivity contribution in [2.24, 2.45) is 0 Å². The summed E-state index contributed by atoms with van der Waals surface area (Å²) in [5.41, 5.74) is 0.193. The van der Waals surface area contributed by atoms with E-state index in [1.54, 1.807) is 18.2 Å². The number of nitrogens with zero attached hydrogens (tertiary/aromatic N) is 2. The Labute approximate surface area is 125 Å². The van der Waals surface area contributed by atoms with Crippen molar-refractivity contribution >= 4 is 23.4 Å². The Morgan fingerprint density at radius 3 is 2.55 bits per heavy atom. The van der Waals surface area contributed by atoms with E-state index in [0.717, 1.165) is 0 Å². The molecule has 0 aliphatic heterocycles. The van der Waals surface area contributed by atoms with Crippen LogP contribution in [0.1, 0.15) is 12.5 Å². The fraction of sp³-hybridized carbons (Fsp3) is 0.286. The first kappa shape index (κ1) is 15.5. The number of esters is 1. The second-order valence-electron chi connectivity index (χ2n) is 4.96. The molecule has 0 radical (unpaired) electrons. The number of carbonyl (C=O) groups excluding carboxylic acids is 2. The molecule has 0 fully saturated rings. The quantitative estimate of drug-likeness (QED) is 0.535. The van der Waals surface area contributed by atoms with Crippen molar-refractivity contribution in [3.05, 3.63) is 23.8 Å². The fourth-order valence-corrected chi connectivity index (χ4v) is 2.14. The van der Waals surface area contributed by atoms with E-state index in [0.29, 0.717) is 23.0 Å². The molecule has 8 nitrogen and oxygen atoms in total. The summed E-state index contributed by atoms with van der Waals surface area (Å²) in [4.78, 5) is 30.2. The number of fused-ring (bicyclic) bond motifs is 1. The van der Waals surface area contributed by atoms with Gasteiger partial charge in [0.25, 0.3) is 11.8 Å². The van der Waals surface area contributed by atoms with Gasteiger partial charge in [-0.2, -0.15) is 0 Å². The molecule has 8 heteroatoms. The highest BCUT2D eigenvalue weighted by Crippen LogP contribution is 2.24. The van der Waals surface area contributed by atoms with Gasteiger partial charge in [0.05, 0.1) is 18.1 Å². The second kappa shape index (κ2) is 5.84. The Kier molecular flexibility index (Phi) is 4.11. The zero-order valence-electron chi connectivity index (χ0n) is 12.0. The molecule has 1 atom stereocenters. The largest absolute Gasteiger partial charge is 0.489 e. The van der Waals surface area contributed by atoms with Gasteiger partial charge < -0.3 is 20.3 Å². The number of hydrogen-bond acceptors (Lipinski definition) is 7. The minimum absolute atomic E-state index is 0.164. The molecule has 2 aromatic rings. The summed E-state index contributed by atoms with van der Waals surface area (Å²) in [6.45, 7) is 1.54. The number of aromatic nitrogens is 2. The molecule has 2 rings (SSSR count). The molecule has 0 saturated heterocycles. The van der Waals surface area contributed by atoms with Gasteiger partial charge in [-0.05, 0) is 24.6 Å². The highest BCUT2D eigenvalue weighted by molar-refractivity contribution is 5.83. The van der Waals surface area contributed by atoms with Crippen molar-refractivity contribution in [1.29, 1.82) is 0 Å². The summed E-state index contributed by atoms with van der Waals surface area (Å²) in [5, 5.41) is 21.2. The highest BCUT2D eigenvalue weighted by Gasteiger charge is 2.34. The Bertz CT molecular complexity index is 734. The lowest BCUT2D eigenvalue weighted by molar-refractivity contribution is -0.148. The molecule has 0 aliphatic carbocycles. The average Bonchev–Trinajstić information content (AvgIpc) is 2.48. The molecule has 0 spiro atoms. The van der Waals surface area contributed by atoms with Crippen LogP contribution in [0.2, 0.25) is 0 Å². The second-order valence-corrected chi connectivity index (χ2v) is 4.96. The third-order valence-electron chi connectivity index (χ3n) is 3.26. The summed E-state index contributed by atoms with van der Waals surface area (Å²) in [6.07, 6.45) is 0.597. The lowest BCUT2D eigenvalue weighted by Gasteiger charge is -2.26. The van der Waals surface area contributed by atoms with E-state index in [1.165, 1.54) is 14.0 Å². The summed E-state index contributed by atoms with van der Waals surface area (Å²) in [7, 11) is 1.24. The molecule has 1 heterocycles. The van der Waals surface area contributed by atoms with Gasteiger partial charge in [-0.1, -0.05) is 6.07 Å². The molecule has 0 saturated carbocycles. The molecule has 1 aromatic carbocycles. The van der Waals surface area contributed by atoms with Gasteiger partial charge in [-0.25, -0.2) is 14.8 Å². The smallest absolute Gasteiger partial charge is 0.331 e. The van der Waals surface area contributed by atoms with Gasteiger partial charge in [0, 0.05) is 6.42 Å². The Balaban J connectivity index is 2.39. The van der Waals surface area contributed by atoms with Crippen LogP contribution in [0.5, 0.6) is 11.8 Å². The monoisotopic (exact) mass is 305 g/mol. The zero-order valence-corrected chi connectivity index (χ0v) is 12.0. The van der Waals surface area contributed by atoms with Crippen LogP contribution >= 0.6 is 0 Å². The normalized spacial score (nSPS) is 13.4. The maximum atomic E-state index is 11.8. The molecule has 0 unspecified atom stereocenters. The van der Waals surface area contributed by atoms with E-state index in [4.69, 9.17) is 4.74 Å². The van der Waals surface area contributed by atoms with Crippen LogP contribution in [0.25, 0.3) is 11.0 Å². The number of methoxy groups -OCH3 is 1. The first-order valence-electron chi connectivity index (χ1n) is 6.38. The standard InChI is InChI=1S/C14H15N3O5/c1-14(15-7-18,13(21)22-2)6-8-3-4-9-10(5-8)17-12(20)11(19)16-9/h3-5,7H,6H2,1-2H3,(H,15,18)(H,16,19)(H,17,20)/t14-/m0/s1. The summed E-state index contributed by atoms with van der Waals surface area (Å²) in [6, 6.07) is 4.88. The van der Waals surface area contributed by atoms with Crippen molar-refractivity contribution in [3.8, 4) is 11.8 Å². The number of nitrogens with one attached hydrogen (secondary N) is 1. The number of hydrogen-bond donors (Lipinski definition) is 3. The van der Waals surface area contributed by atoms with Gasteiger partial charge >= 0.3 is 5.97 Å². The number of aromatic hydroxyl groups is 2. The summed E-state index contributed by atoms with van der Waals surface area (Å²) in [5.74, 6) is -1.71. The Hall–Kier alpha value is -2.90. The predicted molar refractivity (Wildman–Crippen MR) is 76.2 cm³/mol. The average molecular weight is 305 g/mol. The van der Waals surface area contributed by atoms with Crippen LogP contribution in [-0.2, 0) is 20.7 Å². The summed E-state index contributed by atoms with van der Waals surface area (Å²) < 4.78 is 4.70. The molecule has 1 amide bonds. The lowest BCUT2D eigenvalue weighted by Crippen LogP contribution is -2.51. The molecular weight excluding hydrogens is 290 g/mol. The van der Waals surface area contributed by atoms with Gasteiger partial charge in [-0.15, -0.1) is 0 Å². The highest BCUT2D eigenvalue weighted by atomic mass is 16.5. The molecule has 22 heavy (non-hydrogen) atoms. The Morgan fingerprint density at radius 1 is 1.32 bits per heavy atom. The van der Waals surface area contributed by atoms with E-state index in [1.807, 2.05) is 0 Å². The third kappa shape index (κ3) is 2.90. The van der Waals surface area contributed by atoms with E-state index in [-0.39, 0.29) is 6.42 Å². The minimum Gasteiger partial charge on any atom is -0.489 e. The van der Waals surface area contributed by atoms with Crippen LogP contribution in [0.15, 0.2) is 18.2 Å². The van der Waals surface area contributed by atoms with Gasteiger partial charge in [0.2, 0.25) is 6.41 Å². The molecule has 116 valence electrons. The maximum absolute atomic E-state index is 11.8. The minimum atomic E-state index is -1.23. The summed E-state index contributed by atoms with van der Waals surface area (Å²) >= 11 is 0. The number of benzene rings is 1. The zero-order chi connectivity index (χ0) is 16.3. The number of ether oxygens (including phenoxy) is 1. The Morgan fingerprint density at radius 2 is 1.95 bits per heavy atom. The first-order valence-corrected chi connectivity index (χ1v) is 6.38. The van der Waals surface area contributed by atoms with Crippen molar-refractivity contribution in [3.63, 3.8) is 0 Å². The van der Waals surface area contributed by atoms with Crippen LogP contribution in [0.4, 0.5) is 0 Å². The van der Waals surface area contributed by atoms with Crippen molar-refractivity contribution in [2.75, 3.05) is 7.11 Å². The van der Waals surface area contributed by atoms with E-state index < -0.39 is 23.3 Å². The number of amides is 1. The molecule has 0 aliphatic rings. The van der Waals surface area contributed by atoms with E-state index in [9.17, 15) is 19.8 Å². The van der Waals surface area contributed by atoms with E-state index >= 15 is 0 Å². The van der Waals surface area contributed by atoms with Gasteiger partial charge in [0.15, 0.2) is 0 Å². The van der Waals surface area contributed by atoms with Crippen LogP contribution < -0.4 is 5.32 Å². The number of carbonyl (C=O) groups is 2. The van der Waals surface area contributed by atoms with Crippen LogP contribution in [0, 0.1) is 0 Å². The van der Waals surface area contributed by atoms with Gasteiger partial charge in [-0.3, -0.25) is 4.79 Å². The van der Waals surface area contributed by atoms with Crippen molar-refractivity contribution in [1.82, 2.24) is 15.3 Å². The third-order valence-corrected chi connectivity index (χ3v) is 3.26. The maximum Gasteiger partial charge on any atom is 0.331 e. The van der Waals surface area contributed by atoms with Crippen LogP contribution in [0.3, 0.4) is 0 Å². The van der Waals surface area contributed by atoms with Crippen molar-refractivity contribution in [2.45, 2.75) is 18.9 Å². The molecule has 3 N–H and O–H groups in total. The number of rotatable bonds is 5. The lowest BCUT2D eigenvalue weighted by atomic mass is 9.92. The fourth-order valence-electron chi connectivity index (χ4n) is 2.14. The van der Waals surface area contributed by atoms with E-state index in [2.05, 4.69) is 15.3 Å². The first-order chi connectivity index (χ1) is 10.4. The molecular formula is C14H15N3O5. The molecule has 1 aromatic heterocycles. The molecule has 0 bridgehead atoms. The van der Waals surface area contributed by atoms with Gasteiger partial charge in [0.1, 0.15) is 5.54 Å². The topological polar surface area (TPSA) is 122 Å². The predicted octanol–water partition coefficient (Wildman–Crippen LogP) is 0.261.